The van der Waals surface area contributed by atoms with E-state index in [9.17, 15) is 0 Å². The lowest BCUT2D eigenvalue weighted by Crippen LogP contribution is -2.13. The van der Waals surface area contributed by atoms with Gasteiger partial charge in [0.25, 0.3) is 0 Å². The maximum Gasteiger partial charge on any atom is -0.0107 e. The first kappa shape index (κ1) is 13.3. The van der Waals surface area contributed by atoms with Crippen LogP contribution < -0.4 is 5.30 Å². The van der Waals surface area contributed by atoms with Crippen LogP contribution in [-0.4, -0.2) is 5.16 Å². The maximum absolute atomic E-state index is 2.31. The minimum atomic E-state index is 0.346. The van der Waals surface area contributed by atoms with Crippen molar-refractivity contribution in [2.75, 3.05) is 0 Å². The first-order valence-corrected chi connectivity index (χ1v) is 7.40. The van der Waals surface area contributed by atoms with Crippen LogP contribution in [0.4, 0.5) is 0 Å². The highest BCUT2D eigenvalue weighted by Gasteiger charge is 2.14. The largest absolute Gasteiger partial charge is 0.0842 e. The van der Waals surface area contributed by atoms with Gasteiger partial charge in [-0.05, 0) is 34.1 Å². The molecule has 0 radical (unpaired) electrons. The van der Waals surface area contributed by atoms with Gasteiger partial charge in [-0.25, -0.2) is 0 Å². The van der Waals surface area contributed by atoms with Gasteiger partial charge in [0.05, 0.1) is 0 Å². The molecule has 0 aliphatic rings. The Balaban J connectivity index is 2.49. The third-order valence-corrected chi connectivity index (χ3v) is 4.33. The predicted octanol–water partition coefficient (Wildman–Crippen LogP) is 4.76. The standard InChI is InChI=1S/C17H21P/c1-13-9-5-6-10-14(13)15-11-7-8-12-16(15)18-17(2,3)4/h5-12,18H,1-4H3. The van der Waals surface area contributed by atoms with Crippen molar-refractivity contribution in [2.24, 2.45) is 0 Å². The van der Waals surface area contributed by atoms with E-state index >= 15 is 0 Å². The molecule has 0 N–H and O–H groups in total. The fourth-order valence-corrected chi connectivity index (χ4v) is 3.45. The topological polar surface area (TPSA) is 0 Å². The fraction of sp³-hybridized carbons (Fsp3) is 0.294. The fourth-order valence-electron chi connectivity index (χ4n) is 2.11. The first-order chi connectivity index (χ1) is 8.47. The molecule has 0 saturated heterocycles. The van der Waals surface area contributed by atoms with E-state index in [2.05, 4.69) is 76.2 Å². The number of hydrogen-bond donors (Lipinski definition) is 0. The Bertz CT molecular complexity index is 535. The number of benzene rings is 2. The molecule has 94 valence electrons. The molecule has 1 unspecified atom stereocenters. The van der Waals surface area contributed by atoms with Crippen LogP contribution in [0.5, 0.6) is 0 Å². The average Bonchev–Trinajstić information content (AvgIpc) is 2.29. The molecule has 1 heteroatoms. The van der Waals surface area contributed by atoms with Crippen LogP contribution >= 0.6 is 8.58 Å². The Morgan fingerprint density at radius 1 is 0.778 bits per heavy atom. The molecule has 0 saturated carbocycles. The van der Waals surface area contributed by atoms with Gasteiger partial charge in [-0.15, -0.1) is 0 Å². The van der Waals surface area contributed by atoms with Gasteiger partial charge in [0, 0.05) is 0 Å². The van der Waals surface area contributed by atoms with Crippen molar-refractivity contribution in [2.45, 2.75) is 32.9 Å². The number of hydrogen-bond acceptors (Lipinski definition) is 0. The summed E-state index contributed by atoms with van der Waals surface area (Å²) in [5.41, 5.74) is 4.11. The Morgan fingerprint density at radius 3 is 1.94 bits per heavy atom. The lowest BCUT2D eigenvalue weighted by molar-refractivity contribution is 0.799. The van der Waals surface area contributed by atoms with E-state index in [-0.39, 0.29) is 0 Å². The second-order valence-electron chi connectivity index (χ2n) is 5.74. The number of aryl methyl sites for hydroxylation is 1. The van der Waals surface area contributed by atoms with Crippen LogP contribution in [0.1, 0.15) is 26.3 Å². The molecule has 0 aliphatic heterocycles. The van der Waals surface area contributed by atoms with Crippen molar-refractivity contribution in [1.29, 1.82) is 0 Å². The van der Waals surface area contributed by atoms with Crippen LogP contribution in [0.25, 0.3) is 11.1 Å². The zero-order chi connectivity index (χ0) is 13.2. The Morgan fingerprint density at radius 2 is 1.33 bits per heavy atom. The van der Waals surface area contributed by atoms with Gasteiger partial charge in [-0.3, -0.25) is 0 Å². The van der Waals surface area contributed by atoms with E-state index in [4.69, 9.17) is 0 Å². The molecule has 1 atom stereocenters. The van der Waals surface area contributed by atoms with Crippen molar-refractivity contribution in [3.63, 3.8) is 0 Å². The van der Waals surface area contributed by atoms with Crippen LogP contribution in [0.15, 0.2) is 48.5 Å². The third-order valence-electron chi connectivity index (χ3n) is 2.87. The highest BCUT2D eigenvalue weighted by molar-refractivity contribution is 7.49. The molecule has 0 bridgehead atoms. The minimum absolute atomic E-state index is 0.346. The van der Waals surface area contributed by atoms with E-state index < -0.39 is 0 Å². The van der Waals surface area contributed by atoms with Crippen molar-refractivity contribution in [3.8, 4) is 11.1 Å². The summed E-state index contributed by atoms with van der Waals surface area (Å²) in [6, 6.07) is 17.4. The molecule has 2 aromatic rings. The zero-order valence-electron chi connectivity index (χ0n) is 11.6. The minimum Gasteiger partial charge on any atom is -0.0842 e. The lowest BCUT2D eigenvalue weighted by Gasteiger charge is -2.21. The third kappa shape index (κ3) is 3.21. The summed E-state index contributed by atoms with van der Waals surface area (Å²) < 4.78 is 0. The summed E-state index contributed by atoms with van der Waals surface area (Å²) in [6.07, 6.45) is 0. The van der Waals surface area contributed by atoms with Crippen molar-refractivity contribution in [3.05, 3.63) is 54.1 Å². The van der Waals surface area contributed by atoms with E-state index in [1.54, 1.807) is 0 Å². The van der Waals surface area contributed by atoms with Gasteiger partial charge >= 0.3 is 0 Å². The molecule has 0 amide bonds. The summed E-state index contributed by atoms with van der Waals surface area (Å²) >= 11 is 0. The van der Waals surface area contributed by atoms with Crippen molar-refractivity contribution < 1.29 is 0 Å². The van der Waals surface area contributed by atoms with Gasteiger partial charge in [0.2, 0.25) is 0 Å². The highest BCUT2D eigenvalue weighted by atomic mass is 31.1. The molecule has 0 fully saturated rings. The zero-order valence-corrected chi connectivity index (χ0v) is 12.6. The molecule has 0 nitrogen and oxygen atoms in total. The molecule has 2 aromatic carbocycles. The molecule has 0 heterocycles. The van der Waals surface area contributed by atoms with Crippen LogP contribution in [0.3, 0.4) is 0 Å². The monoisotopic (exact) mass is 256 g/mol. The highest BCUT2D eigenvalue weighted by Crippen LogP contribution is 2.34. The summed E-state index contributed by atoms with van der Waals surface area (Å²) in [7, 11) is 0.835. The van der Waals surface area contributed by atoms with Gasteiger partial charge in [-0.2, -0.15) is 0 Å². The molecule has 0 spiro atoms. The summed E-state index contributed by atoms with van der Waals surface area (Å²) in [4.78, 5) is 0. The summed E-state index contributed by atoms with van der Waals surface area (Å²) in [5.74, 6) is 0. The Labute approximate surface area is 112 Å². The SMILES string of the molecule is Cc1ccccc1-c1ccccc1PC(C)(C)C. The average molecular weight is 256 g/mol. The smallest absolute Gasteiger partial charge is 0.0107 e. The van der Waals surface area contributed by atoms with Crippen LogP contribution in [-0.2, 0) is 0 Å². The van der Waals surface area contributed by atoms with E-state index in [1.807, 2.05) is 0 Å². The molecule has 2 rings (SSSR count). The van der Waals surface area contributed by atoms with Crippen LogP contribution in [0.2, 0.25) is 0 Å². The van der Waals surface area contributed by atoms with E-state index in [0.717, 1.165) is 8.58 Å². The quantitative estimate of drug-likeness (QED) is 0.679. The van der Waals surface area contributed by atoms with Gasteiger partial charge in [0.15, 0.2) is 0 Å². The van der Waals surface area contributed by atoms with Crippen LogP contribution in [0, 0.1) is 6.92 Å². The second kappa shape index (κ2) is 5.24. The van der Waals surface area contributed by atoms with E-state index in [1.165, 1.54) is 22.0 Å². The second-order valence-corrected chi connectivity index (χ2v) is 8.02. The maximum atomic E-state index is 2.31. The predicted molar refractivity (Wildman–Crippen MR) is 84.3 cm³/mol. The Kier molecular flexibility index (Phi) is 3.88. The Hall–Kier alpha value is -1.13. The van der Waals surface area contributed by atoms with Crippen molar-refractivity contribution in [1.82, 2.24) is 0 Å². The van der Waals surface area contributed by atoms with Crippen molar-refractivity contribution >= 4 is 13.9 Å². The van der Waals surface area contributed by atoms with E-state index in [0.29, 0.717) is 5.16 Å². The lowest BCUT2D eigenvalue weighted by atomic mass is 10.0. The van der Waals surface area contributed by atoms with Gasteiger partial charge in [-0.1, -0.05) is 77.9 Å². The van der Waals surface area contributed by atoms with Gasteiger partial charge in [0.1, 0.15) is 0 Å². The molecule has 0 aliphatic carbocycles. The summed E-state index contributed by atoms with van der Waals surface area (Å²) in [6.45, 7) is 9.10. The number of rotatable bonds is 2. The molecule has 0 aromatic heterocycles. The molecular formula is C17H21P. The molecule has 18 heavy (non-hydrogen) atoms. The first-order valence-electron chi connectivity index (χ1n) is 6.40. The van der Waals surface area contributed by atoms with Gasteiger partial charge < -0.3 is 0 Å². The summed E-state index contributed by atoms with van der Waals surface area (Å²) in [5, 5.41) is 1.82. The normalized spacial score (nSPS) is 12.2. The molecular weight excluding hydrogens is 235 g/mol.